The number of hydrogen-bond acceptors (Lipinski definition) is 11. The van der Waals surface area contributed by atoms with E-state index in [9.17, 15) is 20.1 Å². The van der Waals surface area contributed by atoms with Crippen molar-refractivity contribution in [3.63, 3.8) is 0 Å². The summed E-state index contributed by atoms with van der Waals surface area (Å²) in [4.78, 5) is 14.6. The number of guanidine groups is 1. The zero-order valence-electron chi connectivity index (χ0n) is 11.7. The molecule has 5 aliphatic heterocycles. The van der Waals surface area contributed by atoms with Gasteiger partial charge in [0.25, 0.3) is 6.47 Å². The van der Waals surface area contributed by atoms with Gasteiger partial charge in [-0.2, -0.15) is 0 Å². The molecule has 7 bridgehead atoms. The highest BCUT2D eigenvalue weighted by atomic mass is 16.9. The van der Waals surface area contributed by atoms with Crippen LogP contribution in [0.2, 0.25) is 0 Å². The summed E-state index contributed by atoms with van der Waals surface area (Å²) >= 11 is 0. The molecule has 1 aliphatic carbocycles. The van der Waals surface area contributed by atoms with Crippen LogP contribution in [0.3, 0.4) is 0 Å². The molecule has 0 aromatic carbocycles. The van der Waals surface area contributed by atoms with Crippen molar-refractivity contribution in [3.05, 3.63) is 0 Å². The van der Waals surface area contributed by atoms with Crippen LogP contribution < -0.4 is 11.1 Å². The summed E-state index contributed by atoms with van der Waals surface area (Å²) in [7, 11) is 0. The summed E-state index contributed by atoms with van der Waals surface area (Å²) in [5.74, 6) is -2.75. The third-order valence-electron chi connectivity index (χ3n) is 5.57. The SMILES string of the molecule is NC1=N[C@H]2O[C@@H]3[C@]4(O)O[C@@H]5[C@H]2[C@@]3(N1)[C@H](O)[C@H](O4)[C@]5(O)COC=O. The van der Waals surface area contributed by atoms with Crippen molar-refractivity contribution in [3.8, 4) is 0 Å². The van der Waals surface area contributed by atoms with Gasteiger partial charge >= 0.3 is 5.97 Å². The van der Waals surface area contributed by atoms with Crippen molar-refractivity contribution in [1.82, 2.24) is 5.32 Å². The van der Waals surface area contributed by atoms with Gasteiger partial charge < -0.3 is 45.3 Å². The van der Waals surface area contributed by atoms with Gasteiger partial charge in [0.15, 0.2) is 23.9 Å². The number of aliphatic hydroxyl groups excluding tert-OH is 1. The maximum Gasteiger partial charge on any atom is 0.311 e. The van der Waals surface area contributed by atoms with Crippen LogP contribution in [0.15, 0.2) is 4.99 Å². The van der Waals surface area contributed by atoms with E-state index in [1.165, 1.54) is 0 Å². The molecular formula is C12H15N3O8. The molecule has 1 saturated carbocycles. The summed E-state index contributed by atoms with van der Waals surface area (Å²) in [6.07, 6.45) is -5.51. The molecule has 11 nitrogen and oxygen atoms in total. The molecule has 6 aliphatic rings. The highest BCUT2D eigenvalue weighted by molar-refractivity contribution is 5.80. The number of nitrogens with two attached hydrogens (primary N) is 1. The minimum Gasteiger partial charge on any atom is -0.465 e. The highest BCUT2D eigenvalue weighted by Crippen LogP contribution is 2.63. The second-order valence-corrected chi connectivity index (χ2v) is 6.56. The molecule has 5 heterocycles. The number of ether oxygens (including phenoxy) is 4. The summed E-state index contributed by atoms with van der Waals surface area (Å²) in [5, 5.41) is 35.4. The first-order valence-corrected chi connectivity index (χ1v) is 7.17. The molecule has 0 aromatic heterocycles. The Bertz CT molecular complexity index is 631. The van der Waals surface area contributed by atoms with E-state index < -0.39 is 60.3 Å². The molecular weight excluding hydrogens is 314 g/mol. The summed E-state index contributed by atoms with van der Waals surface area (Å²) < 4.78 is 21.3. The Balaban J connectivity index is 1.69. The van der Waals surface area contributed by atoms with E-state index in [4.69, 9.17) is 19.9 Å². The Morgan fingerprint density at radius 1 is 1.39 bits per heavy atom. The number of aliphatic imine (C=N–C) groups is 1. The highest BCUT2D eigenvalue weighted by Gasteiger charge is 2.87. The summed E-state index contributed by atoms with van der Waals surface area (Å²) in [6, 6.07) is 0. The average molecular weight is 329 g/mol. The van der Waals surface area contributed by atoms with Gasteiger partial charge in [-0.25, -0.2) is 4.99 Å². The lowest BCUT2D eigenvalue weighted by Gasteiger charge is -2.68. The van der Waals surface area contributed by atoms with Crippen LogP contribution in [-0.2, 0) is 23.7 Å². The maximum atomic E-state index is 11.0. The van der Waals surface area contributed by atoms with Gasteiger partial charge in [-0.3, -0.25) is 4.79 Å². The van der Waals surface area contributed by atoms with Crippen LogP contribution in [-0.4, -0.2) is 82.1 Å². The van der Waals surface area contributed by atoms with Crippen LogP contribution in [0.1, 0.15) is 0 Å². The van der Waals surface area contributed by atoms with Gasteiger partial charge in [-0.15, -0.1) is 0 Å². The van der Waals surface area contributed by atoms with Gasteiger partial charge in [-0.1, -0.05) is 0 Å². The number of hydrogen-bond donors (Lipinski definition) is 5. The molecule has 1 spiro atoms. The number of nitrogens with one attached hydrogen (secondary N) is 1. The molecule has 9 atom stereocenters. The third-order valence-corrected chi connectivity index (χ3v) is 5.57. The standard InChI is InChI=1S/C12H15N3O8/c13-9-14-7-3-5-10(18,1-20-2-16)6-4(17)11(3,15-9)8(21-7)12(19,22-5)23-6/h2-8,17-19H,1H2,(H3,13,14,15)/t3-,4-,5-,6+,7+,8+,10+,11-,12+/m1/s1. The summed E-state index contributed by atoms with van der Waals surface area (Å²) in [5.41, 5.74) is 2.69. The van der Waals surface area contributed by atoms with Crippen LogP contribution in [0, 0.1) is 5.92 Å². The molecule has 0 radical (unpaired) electrons. The predicted octanol–water partition coefficient (Wildman–Crippen LogP) is -4.29. The van der Waals surface area contributed by atoms with Gasteiger partial charge in [0.1, 0.15) is 30.5 Å². The predicted molar refractivity (Wildman–Crippen MR) is 67.3 cm³/mol. The lowest BCUT2D eigenvalue weighted by molar-refractivity contribution is -0.529. The van der Waals surface area contributed by atoms with Gasteiger partial charge in [0, 0.05) is 0 Å². The first-order chi connectivity index (χ1) is 10.9. The number of rotatable bonds is 3. The van der Waals surface area contributed by atoms with Gasteiger partial charge in [0.2, 0.25) is 0 Å². The second-order valence-electron chi connectivity index (χ2n) is 6.56. The maximum absolute atomic E-state index is 11.0. The minimum absolute atomic E-state index is 0.0611. The van der Waals surface area contributed by atoms with E-state index in [0.29, 0.717) is 0 Å². The van der Waals surface area contributed by atoms with Crippen molar-refractivity contribution in [2.75, 3.05) is 6.61 Å². The minimum atomic E-state index is -2.17. The Hall–Kier alpha value is -1.50. The first kappa shape index (κ1) is 13.9. The van der Waals surface area contributed by atoms with Crippen molar-refractivity contribution < 1.29 is 39.1 Å². The topological polar surface area (TPSA) is 165 Å². The molecule has 6 N–H and O–H groups in total. The van der Waals surface area contributed by atoms with Crippen molar-refractivity contribution in [1.29, 1.82) is 0 Å². The quantitative estimate of drug-likeness (QED) is 0.320. The molecule has 5 fully saturated rings. The molecule has 6 rings (SSSR count). The second kappa shape index (κ2) is 3.77. The molecule has 11 heteroatoms. The Morgan fingerprint density at radius 3 is 2.87 bits per heavy atom. The molecule has 0 unspecified atom stereocenters. The fourth-order valence-electron chi connectivity index (χ4n) is 4.80. The lowest BCUT2D eigenvalue weighted by atomic mass is 9.56. The molecule has 4 saturated heterocycles. The van der Waals surface area contributed by atoms with E-state index >= 15 is 0 Å². The van der Waals surface area contributed by atoms with Crippen LogP contribution >= 0.6 is 0 Å². The first-order valence-electron chi connectivity index (χ1n) is 7.17. The summed E-state index contributed by atoms with van der Waals surface area (Å²) in [6.45, 7) is -0.298. The van der Waals surface area contributed by atoms with Crippen molar-refractivity contribution in [2.45, 2.75) is 47.8 Å². The molecule has 23 heavy (non-hydrogen) atoms. The normalized spacial score (nSPS) is 61.1. The van der Waals surface area contributed by atoms with Crippen molar-refractivity contribution in [2.24, 2.45) is 16.6 Å². The Kier molecular flexibility index (Phi) is 2.27. The van der Waals surface area contributed by atoms with Crippen LogP contribution in [0.25, 0.3) is 0 Å². The fourth-order valence-corrected chi connectivity index (χ4v) is 4.80. The lowest BCUT2D eigenvalue weighted by Crippen LogP contribution is -2.92. The number of carbonyl (C=O) groups excluding carboxylic acids is 1. The van der Waals surface area contributed by atoms with Gasteiger partial charge in [-0.05, 0) is 0 Å². The van der Waals surface area contributed by atoms with E-state index in [-0.39, 0.29) is 12.4 Å². The molecule has 126 valence electrons. The number of nitrogens with zero attached hydrogens (tertiary/aromatic N) is 1. The van der Waals surface area contributed by atoms with Crippen LogP contribution in [0.4, 0.5) is 0 Å². The third kappa shape index (κ3) is 1.26. The van der Waals surface area contributed by atoms with Crippen LogP contribution in [0.5, 0.6) is 0 Å². The zero-order valence-corrected chi connectivity index (χ0v) is 11.7. The fraction of sp³-hybridized carbons (Fsp3) is 0.833. The van der Waals surface area contributed by atoms with E-state index in [0.717, 1.165) is 0 Å². The number of aliphatic hydroxyl groups is 3. The molecule has 0 aromatic rings. The van der Waals surface area contributed by atoms with Crippen molar-refractivity contribution >= 4 is 12.4 Å². The average Bonchev–Trinajstić information content (AvgIpc) is 2.64. The molecule has 0 amide bonds. The number of carbonyl (C=O) groups is 1. The Labute approximate surface area is 129 Å². The van der Waals surface area contributed by atoms with E-state index in [2.05, 4.69) is 15.0 Å². The monoisotopic (exact) mass is 329 g/mol. The van der Waals surface area contributed by atoms with E-state index in [1.807, 2.05) is 0 Å². The largest absolute Gasteiger partial charge is 0.465 e. The van der Waals surface area contributed by atoms with Gasteiger partial charge in [0.05, 0.1) is 5.92 Å². The smallest absolute Gasteiger partial charge is 0.311 e. The Morgan fingerprint density at radius 2 is 2.13 bits per heavy atom. The van der Waals surface area contributed by atoms with E-state index in [1.54, 1.807) is 0 Å². The zero-order chi connectivity index (χ0) is 16.2.